The summed E-state index contributed by atoms with van der Waals surface area (Å²) in [6.45, 7) is 7.05. The van der Waals surface area contributed by atoms with Gasteiger partial charge in [-0.05, 0) is 57.9 Å². The smallest absolute Gasteiger partial charge is 0.253 e. The molecule has 1 aliphatic carbocycles. The number of benzene rings is 1. The number of carbonyl (C=O) groups is 2. The van der Waals surface area contributed by atoms with Gasteiger partial charge >= 0.3 is 0 Å². The number of nitrogens with one attached hydrogen (secondary N) is 2. The van der Waals surface area contributed by atoms with Crippen LogP contribution in [0.3, 0.4) is 0 Å². The van der Waals surface area contributed by atoms with Gasteiger partial charge in [0.05, 0.1) is 29.2 Å². The fourth-order valence-electron chi connectivity index (χ4n) is 4.33. The number of ether oxygens (including phenoxy) is 1. The summed E-state index contributed by atoms with van der Waals surface area (Å²) in [6.07, 6.45) is 5.19. The number of carbonyl (C=O) groups excluding carboxylic acids is 2. The fourth-order valence-corrected chi connectivity index (χ4v) is 4.33. The van der Waals surface area contributed by atoms with Gasteiger partial charge in [0, 0.05) is 25.7 Å². The van der Waals surface area contributed by atoms with Crippen LogP contribution in [-0.4, -0.2) is 76.1 Å². The summed E-state index contributed by atoms with van der Waals surface area (Å²) in [5.41, 5.74) is 3.69. The zero-order valence-electron chi connectivity index (χ0n) is 20.6. The summed E-state index contributed by atoms with van der Waals surface area (Å²) in [5.74, 6) is -0.420. The van der Waals surface area contributed by atoms with Crippen molar-refractivity contribution < 1.29 is 19.4 Å². The van der Waals surface area contributed by atoms with Crippen molar-refractivity contribution in [3.63, 3.8) is 0 Å². The van der Waals surface area contributed by atoms with E-state index in [1.54, 1.807) is 0 Å². The highest BCUT2D eigenvalue weighted by atomic mass is 16.5. The molecule has 0 unspecified atom stereocenters. The first kappa shape index (κ1) is 25.1. The first-order valence-electron chi connectivity index (χ1n) is 12.3. The molecule has 35 heavy (non-hydrogen) atoms. The summed E-state index contributed by atoms with van der Waals surface area (Å²) in [6, 6.07) is 10.1. The Balaban J connectivity index is 1.60. The van der Waals surface area contributed by atoms with Gasteiger partial charge in [0.15, 0.2) is 0 Å². The minimum absolute atomic E-state index is 0.00197. The molecule has 1 aliphatic heterocycles. The van der Waals surface area contributed by atoms with Gasteiger partial charge in [-0.1, -0.05) is 23.8 Å². The van der Waals surface area contributed by atoms with Gasteiger partial charge in [0.25, 0.3) is 5.91 Å². The van der Waals surface area contributed by atoms with E-state index < -0.39 is 18.6 Å². The molecule has 9 nitrogen and oxygen atoms in total. The van der Waals surface area contributed by atoms with E-state index >= 15 is 0 Å². The molecule has 2 aliphatic rings. The molecule has 3 N–H and O–H groups in total. The summed E-state index contributed by atoms with van der Waals surface area (Å²) < 4.78 is 7.81. The number of morpholine rings is 1. The van der Waals surface area contributed by atoms with Crippen molar-refractivity contribution in [1.82, 2.24) is 25.3 Å². The third-order valence-electron chi connectivity index (χ3n) is 6.36. The average molecular weight is 482 g/mol. The standard InChI is InChI=1S/C26H35N5O4/c1-17-6-8-21(9-7-17)31-22(5-4-12-28-25(33)16-32)13-23(29-31)19(3)30(20-10-11-20)26(34)24-15-27-14-18(2)35-24/h4-9,13,18-20,24,27,32H,10-12,14-16H2,1-3H3,(H,28,33)/b5-4+/t18-,19-,24-/m1/s1. The molecule has 0 bridgehead atoms. The number of aromatic nitrogens is 2. The summed E-state index contributed by atoms with van der Waals surface area (Å²) >= 11 is 0. The number of amides is 2. The second-order valence-electron chi connectivity index (χ2n) is 9.35. The molecule has 9 heteroatoms. The van der Waals surface area contributed by atoms with Gasteiger partial charge in [-0.2, -0.15) is 5.10 Å². The van der Waals surface area contributed by atoms with Crippen LogP contribution >= 0.6 is 0 Å². The number of rotatable bonds is 9. The third-order valence-corrected chi connectivity index (χ3v) is 6.36. The number of nitrogens with zero attached hydrogens (tertiary/aromatic N) is 3. The fraction of sp³-hybridized carbons (Fsp3) is 0.500. The topological polar surface area (TPSA) is 109 Å². The van der Waals surface area contributed by atoms with Gasteiger partial charge in [-0.3, -0.25) is 9.59 Å². The molecule has 1 aromatic heterocycles. The maximum Gasteiger partial charge on any atom is 0.253 e. The van der Waals surface area contributed by atoms with Crippen LogP contribution < -0.4 is 10.6 Å². The van der Waals surface area contributed by atoms with Crippen molar-refractivity contribution >= 4 is 17.9 Å². The first-order chi connectivity index (χ1) is 16.9. The minimum Gasteiger partial charge on any atom is -0.387 e. The number of aliphatic hydroxyl groups is 1. The highest BCUT2D eigenvalue weighted by Gasteiger charge is 2.41. The number of aliphatic hydroxyl groups excluding tert-OH is 1. The van der Waals surface area contributed by atoms with Crippen molar-refractivity contribution in [2.24, 2.45) is 0 Å². The van der Waals surface area contributed by atoms with E-state index in [4.69, 9.17) is 14.9 Å². The number of hydrogen-bond donors (Lipinski definition) is 3. The Morgan fingerprint density at radius 1 is 1.31 bits per heavy atom. The van der Waals surface area contributed by atoms with Crippen molar-refractivity contribution in [2.75, 3.05) is 26.2 Å². The summed E-state index contributed by atoms with van der Waals surface area (Å²) in [5, 5.41) is 19.7. The molecule has 1 saturated carbocycles. The third kappa shape index (κ3) is 6.17. The first-order valence-corrected chi connectivity index (χ1v) is 12.3. The SMILES string of the molecule is Cc1ccc(-n2nc([C@@H](C)N(C(=O)[C@H]3CNC[C@@H](C)O3)C3CC3)cc2/C=C/CNC(=O)CO)cc1. The molecule has 0 radical (unpaired) electrons. The Kier molecular flexibility index (Phi) is 8.00. The van der Waals surface area contributed by atoms with Gasteiger partial charge in [-0.15, -0.1) is 0 Å². The number of aryl methyl sites for hydroxylation is 1. The van der Waals surface area contributed by atoms with E-state index in [1.807, 2.05) is 72.8 Å². The zero-order valence-corrected chi connectivity index (χ0v) is 20.6. The highest BCUT2D eigenvalue weighted by Crippen LogP contribution is 2.35. The van der Waals surface area contributed by atoms with Crippen molar-refractivity contribution in [2.45, 2.75) is 57.9 Å². The van der Waals surface area contributed by atoms with Crippen LogP contribution in [0.25, 0.3) is 11.8 Å². The van der Waals surface area contributed by atoms with Crippen molar-refractivity contribution in [1.29, 1.82) is 0 Å². The molecule has 0 spiro atoms. The molecule has 2 amide bonds. The lowest BCUT2D eigenvalue weighted by Crippen LogP contribution is -2.53. The van der Waals surface area contributed by atoms with E-state index in [9.17, 15) is 9.59 Å². The van der Waals surface area contributed by atoms with E-state index in [1.165, 1.54) is 0 Å². The molecule has 1 saturated heterocycles. The van der Waals surface area contributed by atoms with Gasteiger partial charge in [0.1, 0.15) is 12.7 Å². The number of hydrogen-bond acceptors (Lipinski definition) is 6. The van der Waals surface area contributed by atoms with Crippen molar-refractivity contribution in [3.8, 4) is 5.69 Å². The van der Waals surface area contributed by atoms with E-state index in [0.717, 1.165) is 42.0 Å². The van der Waals surface area contributed by atoms with Gasteiger partial charge in [-0.25, -0.2) is 4.68 Å². The second kappa shape index (κ2) is 11.2. The van der Waals surface area contributed by atoms with Crippen LogP contribution in [-0.2, 0) is 14.3 Å². The van der Waals surface area contributed by atoms with Crippen LogP contribution in [0.5, 0.6) is 0 Å². The highest BCUT2D eigenvalue weighted by molar-refractivity contribution is 5.82. The van der Waals surface area contributed by atoms with E-state index in [0.29, 0.717) is 13.1 Å². The lowest BCUT2D eigenvalue weighted by atomic mass is 10.1. The van der Waals surface area contributed by atoms with Gasteiger partial charge < -0.3 is 25.4 Å². The van der Waals surface area contributed by atoms with Gasteiger partial charge in [0.2, 0.25) is 5.91 Å². The molecule has 1 aromatic carbocycles. The lowest BCUT2D eigenvalue weighted by Gasteiger charge is -2.35. The quantitative estimate of drug-likeness (QED) is 0.503. The maximum absolute atomic E-state index is 13.5. The molecular weight excluding hydrogens is 446 g/mol. The second-order valence-corrected chi connectivity index (χ2v) is 9.35. The predicted octanol–water partition coefficient (Wildman–Crippen LogP) is 1.73. The Morgan fingerprint density at radius 2 is 2.06 bits per heavy atom. The van der Waals surface area contributed by atoms with Crippen LogP contribution in [0.2, 0.25) is 0 Å². The Morgan fingerprint density at radius 3 is 2.71 bits per heavy atom. The van der Waals surface area contributed by atoms with Crippen molar-refractivity contribution in [3.05, 3.63) is 53.4 Å². The molecule has 2 heterocycles. The lowest BCUT2D eigenvalue weighted by molar-refractivity contribution is -0.152. The minimum atomic E-state index is -0.541. The van der Waals surface area contributed by atoms with Crippen LogP contribution in [0.15, 0.2) is 36.4 Å². The van der Waals surface area contributed by atoms with E-state index in [-0.39, 0.29) is 24.1 Å². The molecule has 2 fully saturated rings. The monoisotopic (exact) mass is 481 g/mol. The Labute approximate surface area is 206 Å². The molecule has 3 atom stereocenters. The van der Waals surface area contributed by atoms with Crippen LogP contribution in [0.4, 0.5) is 0 Å². The Hall–Kier alpha value is -3.01. The molecule has 2 aromatic rings. The normalized spacial score (nSPS) is 21.1. The van der Waals surface area contributed by atoms with Crippen LogP contribution in [0.1, 0.15) is 49.7 Å². The zero-order chi connectivity index (χ0) is 24.9. The molecule has 188 valence electrons. The summed E-state index contributed by atoms with van der Waals surface area (Å²) in [7, 11) is 0. The van der Waals surface area contributed by atoms with E-state index in [2.05, 4.69) is 10.6 Å². The predicted molar refractivity (Wildman–Crippen MR) is 133 cm³/mol. The Bertz CT molecular complexity index is 1060. The average Bonchev–Trinajstić information content (AvgIpc) is 3.60. The largest absolute Gasteiger partial charge is 0.387 e. The maximum atomic E-state index is 13.5. The molecule has 4 rings (SSSR count). The summed E-state index contributed by atoms with van der Waals surface area (Å²) in [4.78, 5) is 26.8. The van der Waals surface area contributed by atoms with Crippen LogP contribution in [0, 0.1) is 6.92 Å². The molecular formula is C26H35N5O4.